The Bertz CT molecular complexity index is 890. The van der Waals surface area contributed by atoms with E-state index in [4.69, 9.17) is 0 Å². The molecule has 1 aliphatic rings. The summed E-state index contributed by atoms with van der Waals surface area (Å²) in [5.74, 6) is -0.103. The highest BCUT2D eigenvalue weighted by Gasteiger charge is 2.20. The van der Waals surface area contributed by atoms with E-state index in [0.717, 1.165) is 50.3 Å². The van der Waals surface area contributed by atoms with Gasteiger partial charge in [0.1, 0.15) is 5.56 Å². The molecule has 150 valence electrons. The number of hydrogen-bond acceptors (Lipinski definition) is 3. The molecule has 1 amide bonds. The number of hydrogen-bond donors (Lipinski definition) is 1. The Hall–Kier alpha value is -2.94. The summed E-state index contributed by atoms with van der Waals surface area (Å²) in [4.78, 5) is 20.8. The van der Waals surface area contributed by atoms with E-state index in [1.807, 2.05) is 31.2 Å². The summed E-state index contributed by atoms with van der Waals surface area (Å²) in [7, 11) is 0. The number of nitrogens with one attached hydrogen (secondary N) is 1. The molecule has 1 fully saturated rings. The SMILES string of the molecule is C=CCc1cccc(C#[N+]NC(=O)CN2CCN(Cc3ccccc3)CC2)c1C. The van der Waals surface area contributed by atoms with Gasteiger partial charge in [-0.15, -0.1) is 6.58 Å². The van der Waals surface area contributed by atoms with Crippen LogP contribution >= 0.6 is 0 Å². The molecule has 0 spiro atoms. The molecule has 0 aliphatic carbocycles. The third-order valence-corrected chi connectivity index (χ3v) is 5.25. The lowest BCUT2D eigenvalue weighted by Crippen LogP contribution is -2.48. The second-order valence-corrected chi connectivity index (χ2v) is 7.38. The molecule has 5 nitrogen and oxygen atoms in total. The van der Waals surface area contributed by atoms with Crippen molar-refractivity contribution in [3.05, 3.63) is 88.4 Å². The Balaban J connectivity index is 1.44. The molecule has 2 aromatic rings. The van der Waals surface area contributed by atoms with E-state index in [0.29, 0.717) is 6.54 Å². The Morgan fingerprint density at radius 1 is 1.10 bits per heavy atom. The Morgan fingerprint density at radius 2 is 1.83 bits per heavy atom. The van der Waals surface area contributed by atoms with E-state index in [1.165, 1.54) is 11.1 Å². The smallest absolute Gasteiger partial charge is 0.297 e. The first-order valence-electron chi connectivity index (χ1n) is 10.1. The topological polar surface area (TPSA) is 39.9 Å². The van der Waals surface area contributed by atoms with Gasteiger partial charge in [0.25, 0.3) is 0 Å². The van der Waals surface area contributed by atoms with Gasteiger partial charge in [-0.25, -0.2) is 0 Å². The Labute approximate surface area is 173 Å². The van der Waals surface area contributed by atoms with Crippen LogP contribution in [-0.4, -0.2) is 48.4 Å². The second kappa shape index (κ2) is 10.6. The normalized spacial score (nSPS) is 14.7. The highest BCUT2D eigenvalue weighted by Crippen LogP contribution is 2.14. The van der Waals surface area contributed by atoms with Crippen molar-refractivity contribution in [1.29, 1.82) is 0 Å². The van der Waals surface area contributed by atoms with E-state index in [2.05, 4.69) is 63.2 Å². The zero-order chi connectivity index (χ0) is 20.5. The summed E-state index contributed by atoms with van der Waals surface area (Å²) in [6.07, 6.45) is 2.69. The fraction of sp³-hybridized carbons (Fsp3) is 0.333. The first-order valence-corrected chi connectivity index (χ1v) is 10.1. The van der Waals surface area contributed by atoms with Crippen LogP contribution in [0.2, 0.25) is 0 Å². The van der Waals surface area contributed by atoms with Gasteiger partial charge in [0, 0.05) is 32.7 Å². The lowest BCUT2D eigenvalue weighted by Gasteiger charge is -2.33. The van der Waals surface area contributed by atoms with Gasteiger partial charge >= 0.3 is 12.0 Å². The standard InChI is InChI=1S/C24H28N4O/c1-3-8-22-11-7-12-23(20(22)2)17-25-26-24(29)19-28-15-13-27(14-16-28)18-21-9-5-4-6-10-21/h3-7,9-12H,1,8,13-16,18-19H2,2H3/p+1. The number of nitrogens with zero attached hydrogens (tertiary/aromatic N) is 3. The summed E-state index contributed by atoms with van der Waals surface area (Å²) < 4.78 is 0. The fourth-order valence-corrected chi connectivity index (χ4v) is 3.52. The molecule has 0 unspecified atom stereocenters. The largest absolute Gasteiger partial charge is 0.358 e. The van der Waals surface area contributed by atoms with Gasteiger partial charge in [0.15, 0.2) is 0 Å². The van der Waals surface area contributed by atoms with E-state index in [1.54, 1.807) is 0 Å². The zero-order valence-electron chi connectivity index (χ0n) is 17.1. The Kier molecular flexibility index (Phi) is 7.57. The van der Waals surface area contributed by atoms with Gasteiger partial charge in [-0.05, 0) is 41.5 Å². The number of piperazine rings is 1. The summed E-state index contributed by atoms with van der Waals surface area (Å²) in [6, 6.07) is 19.4. The average Bonchev–Trinajstić information content (AvgIpc) is 2.73. The molecule has 1 N–H and O–H groups in total. The molecule has 1 saturated heterocycles. The molecule has 1 heterocycles. The minimum Gasteiger partial charge on any atom is -0.297 e. The van der Waals surface area contributed by atoms with Crippen LogP contribution in [0.5, 0.6) is 0 Å². The lowest BCUT2D eigenvalue weighted by molar-refractivity contribution is -0.121. The number of allylic oxidation sites excluding steroid dienone is 1. The molecule has 3 rings (SSSR count). The van der Waals surface area contributed by atoms with Crippen molar-refractivity contribution in [2.75, 3.05) is 32.7 Å². The van der Waals surface area contributed by atoms with Gasteiger partial charge in [-0.2, -0.15) is 0 Å². The minimum absolute atomic E-state index is 0.103. The summed E-state index contributed by atoms with van der Waals surface area (Å²) in [5.41, 5.74) is 7.13. The van der Waals surface area contributed by atoms with Crippen molar-refractivity contribution in [1.82, 2.24) is 15.2 Å². The van der Waals surface area contributed by atoms with Crippen molar-refractivity contribution >= 4 is 5.91 Å². The molecule has 1 aliphatic heterocycles. The van der Waals surface area contributed by atoms with E-state index < -0.39 is 0 Å². The van der Waals surface area contributed by atoms with Crippen LogP contribution in [0.1, 0.15) is 22.3 Å². The maximum absolute atomic E-state index is 12.2. The lowest BCUT2D eigenvalue weighted by atomic mass is 10.0. The van der Waals surface area contributed by atoms with Crippen molar-refractivity contribution in [3.8, 4) is 6.07 Å². The monoisotopic (exact) mass is 389 g/mol. The minimum atomic E-state index is -0.103. The van der Waals surface area contributed by atoms with Gasteiger partial charge in [-0.3, -0.25) is 14.6 Å². The molecule has 0 aromatic heterocycles. The first kappa shape index (κ1) is 20.8. The Morgan fingerprint density at radius 3 is 2.55 bits per heavy atom. The average molecular weight is 390 g/mol. The van der Waals surface area contributed by atoms with Crippen molar-refractivity contribution < 1.29 is 4.79 Å². The number of carbonyl (C=O) groups is 1. The summed E-state index contributed by atoms with van der Waals surface area (Å²) in [5, 5.41) is 0. The van der Waals surface area contributed by atoms with Crippen molar-refractivity contribution in [3.63, 3.8) is 0 Å². The number of rotatable bonds is 6. The number of carbonyl (C=O) groups excluding carboxylic acids is 1. The van der Waals surface area contributed by atoms with Gasteiger partial charge < -0.3 is 0 Å². The van der Waals surface area contributed by atoms with Crippen LogP contribution in [-0.2, 0) is 17.8 Å². The second-order valence-electron chi connectivity index (χ2n) is 7.38. The summed E-state index contributed by atoms with van der Waals surface area (Å²) >= 11 is 0. The first-order chi connectivity index (χ1) is 14.2. The highest BCUT2D eigenvalue weighted by molar-refractivity contribution is 5.78. The number of amides is 1. The molecule has 0 atom stereocenters. The molecule has 0 radical (unpaired) electrons. The van der Waals surface area contributed by atoms with E-state index >= 15 is 0 Å². The molecule has 29 heavy (non-hydrogen) atoms. The predicted octanol–water partition coefficient (Wildman–Crippen LogP) is 3.25. The van der Waals surface area contributed by atoms with Crippen molar-refractivity contribution in [2.45, 2.75) is 19.9 Å². The predicted molar refractivity (Wildman–Crippen MR) is 118 cm³/mol. The third-order valence-electron chi connectivity index (χ3n) is 5.25. The molecule has 5 heteroatoms. The maximum atomic E-state index is 12.2. The molecule has 2 aromatic carbocycles. The van der Waals surface area contributed by atoms with Crippen molar-refractivity contribution in [2.24, 2.45) is 0 Å². The third kappa shape index (κ3) is 6.28. The van der Waals surface area contributed by atoms with Crippen LogP contribution < -0.4 is 5.43 Å². The van der Waals surface area contributed by atoms with Crippen LogP contribution in [0.25, 0.3) is 4.95 Å². The fourth-order valence-electron chi connectivity index (χ4n) is 3.52. The molecular formula is C24H29N4O+. The van der Waals surface area contributed by atoms with Crippen LogP contribution in [0, 0.1) is 13.0 Å². The van der Waals surface area contributed by atoms with Crippen LogP contribution in [0.15, 0.2) is 61.2 Å². The van der Waals surface area contributed by atoms with E-state index in [-0.39, 0.29) is 5.91 Å². The molecule has 0 saturated carbocycles. The van der Waals surface area contributed by atoms with Crippen LogP contribution in [0.3, 0.4) is 0 Å². The zero-order valence-corrected chi connectivity index (χ0v) is 17.1. The van der Waals surface area contributed by atoms with E-state index in [9.17, 15) is 4.79 Å². The highest BCUT2D eigenvalue weighted by atomic mass is 16.2. The summed E-state index contributed by atoms with van der Waals surface area (Å²) in [6.45, 7) is 10.8. The van der Waals surface area contributed by atoms with Gasteiger partial charge in [-0.1, -0.05) is 48.5 Å². The maximum Gasteiger partial charge on any atom is 0.358 e. The van der Waals surface area contributed by atoms with Gasteiger partial charge in [0.2, 0.25) is 0 Å². The van der Waals surface area contributed by atoms with Crippen LogP contribution in [0.4, 0.5) is 0 Å². The van der Waals surface area contributed by atoms with Gasteiger partial charge in [0.05, 0.1) is 11.5 Å². The number of benzene rings is 2. The molecular weight excluding hydrogens is 360 g/mol. The molecule has 0 bridgehead atoms. The quantitative estimate of drug-likeness (QED) is 0.609.